The van der Waals surface area contributed by atoms with Crippen molar-refractivity contribution in [3.63, 3.8) is 0 Å². The highest BCUT2D eigenvalue weighted by Gasteiger charge is 2.01. The van der Waals surface area contributed by atoms with Crippen LogP contribution < -0.4 is 0 Å². The molecule has 3 heteroatoms. The molecule has 0 unspecified atom stereocenters. The average Bonchev–Trinajstić information content (AvgIpc) is 2.56. The zero-order valence-corrected chi connectivity index (χ0v) is 7.24. The Labute approximate surface area is 75.6 Å². The highest BCUT2D eigenvalue weighted by atomic mass is 19.1. The van der Waals surface area contributed by atoms with E-state index in [-0.39, 0.29) is 5.82 Å². The number of nitrogens with zero attached hydrogens (tertiary/aromatic N) is 2. The maximum Gasteiger partial charge on any atom is 0.123 e. The molecule has 2 aromatic rings. The van der Waals surface area contributed by atoms with Crippen molar-refractivity contribution in [3.05, 3.63) is 48.0 Å². The summed E-state index contributed by atoms with van der Waals surface area (Å²) in [6.07, 6.45) is 3.53. The molecule has 0 amide bonds. The molecule has 0 radical (unpaired) electrons. The Balaban J connectivity index is 2.53. The van der Waals surface area contributed by atoms with E-state index in [1.54, 1.807) is 16.9 Å². The normalized spacial score (nSPS) is 10.3. The van der Waals surface area contributed by atoms with Crippen LogP contribution in [0.25, 0.3) is 5.69 Å². The molecule has 0 fully saturated rings. The molecule has 0 spiro atoms. The van der Waals surface area contributed by atoms with E-state index in [4.69, 9.17) is 0 Å². The molecule has 0 aliphatic carbocycles. The molecule has 0 atom stereocenters. The van der Waals surface area contributed by atoms with Gasteiger partial charge in [-0.1, -0.05) is 0 Å². The lowest BCUT2D eigenvalue weighted by Crippen LogP contribution is -1.97. The SMILES string of the molecule is Cc1cc(F)ccc1-n1cccn1. The summed E-state index contributed by atoms with van der Waals surface area (Å²) in [6.45, 7) is 1.86. The highest BCUT2D eigenvalue weighted by molar-refractivity contribution is 5.39. The third kappa shape index (κ3) is 1.45. The standard InChI is InChI=1S/C10H9FN2/c1-8-7-9(11)3-4-10(8)13-6-2-5-12-13/h2-7H,1H3. The van der Waals surface area contributed by atoms with Gasteiger partial charge in [0.25, 0.3) is 0 Å². The number of rotatable bonds is 1. The van der Waals surface area contributed by atoms with Gasteiger partial charge in [-0.15, -0.1) is 0 Å². The zero-order valence-electron chi connectivity index (χ0n) is 7.24. The van der Waals surface area contributed by atoms with Gasteiger partial charge in [0.2, 0.25) is 0 Å². The maximum absolute atomic E-state index is 12.8. The van der Waals surface area contributed by atoms with Gasteiger partial charge < -0.3 is 0 Å². The fourth-order valence-electron chi connectivity index (χ4n) is 1.29. The molecule has 0 aliphatic rings. The van der Waals surface area contributed by atoms with Crippen molar-refractivity contribution in [2.24, 2.45) is 0 Å². The minimum Gasteiger partial charge on any atom is -0.241 e. The van der Waals surface area contributed by atoms with Crippen LogP contribution >= 0.6 is 0 Å². The third-order valence-corrected chi connectivity index (χ3v) is 1.91. The first-order valence-electron chi connectivity index (χ1n) is 4.03. The quantitative estimate of drug-likeness (QED) is 0.652. The number of aryl methyl sites for hydroxylation is 1. The minimum absolute atomic E-state index is 0.214. The molecular formula is C10H9FN2. The highest BCUT2D eigenvalue weighted by Crippen LogP contribution is 2.13. The third-order valence-electron chi connectivity index (χ3n) is 1.91. The van der Waals surface area contributed by atoms with Crippen LogP contribution in [0.2, 0.25) is 0 Å². The Morgan fingerprint density at radius 1 is 1.38 bits per heavy atom. The Hall–Kier alpha value is -1.64. The molecule has 0 saturated carbocycles. The number of hydrogen-bond acceptors (Lipinski definition) is 1. The summed E-state index contributed by atoms with van der Waals surface area (Å²) in [5.74, 6) is -0.214. The Morgan fingerprint density at radius 2 is 2.23 bits per heavy atom. The van der Waals surface area contributed by atoms with Crippen molar-refractivity contribution < 1.29 is 4.39 Å². The number of benzene rings is 1. The van der Waals surface area contributed by atoms with Gasteiger partial charge in [0.15, 0.2) is 0 Å². The lowest BCUT2D eigenvalue weighted by molar-refractivity contribution is 0.625. The summed E-state index contributed by atoms with van der Waals surface area (Å²) in [5.41, 5.74) is 1.79. The molecule has 66 valence electrons. The van der Waals surface area contributed by atoms with E-state index < -0.39 is 0 Å². The second kappa shape index (κ2) is 3.01. The first-order valence-corrected chi connectivity index (χ1v) is 4.03. The second-order valence-electron chi connectivity index (χ2n) is 2.88. The molecule has 1 aromatic heterocycles. The maximum atomic E-state index is 12.8. The van der Waals surface area contributed by atoms with Crippen LogP contribution in [0.5, 0.6) is 0 Å². The van der Waals surface area contributed by atoms with E-state index in [0.29, 0.717) is 0 Å². The average molecular weight is 176 g/mol. The molecule has 2 rings (SSSR count). The smallest absolute Gasteiger partial charge is 0.123 e. The van der Waals surface area contributed by atoms with Gasteiger partial charge in [0.1, 0.15) is 5.82 Å². The summed E-state index contributed by atoms with van der Waals surface area (Å²) < 4.78 is 14.5. The number of aromatic nitrogens is 2. The summed E-state index contributed by atoms with van der Waals surface area (Å²) in [6, 6.07) is 6.49. The van der Waals surface area contributed by atoms with Crippen LogP contribution in [0, 0.1) is 12.7 Å². The Bertz CT molecular complexity index is 407. The lowest BCUT2D eigenvalue weighted by Gasteiger charge is -2.04. The monoisotopic (exact) mass is 176 g/mol. The molecule has 0 saturated heterocycles. The van der Waals surface area contributed by atoms with Crippen LogP contribution in [0.3, 0.4) is 0 Å². The van der Waals surface area contributed by atoms with Crippen molar-refractivity contribution in [2.75, 3.05) is 0 Å². The predicted octanol–water partition coefficient (Wildman–Crippen LogP) is 2.32. The first kappa shape index (κ1) is 7.98. The van der Waals surface area contributed by atoms with Gasteiger partial charge >= 0.3 is 0 Å². The van der Waals surface area contributed by atoms with Crippen LogP contribution in [0.4, 0.5) is 4.39 Å². The van der Waals surface area contributed by atoms with Crippen molar-refractivity contribution in [1.29, 1.82) is 0 Å². The lowest BCUT2D eigenvalue weighted by atomic mass is 10.2. The Morgan fingerprint density at radius 3 is 2.85 bits per heavy atom. The van der Waals surface area contributed by atoms with E-state index >= 15 is 0 Å². The predicted molar refractivity (Wildman–Crippen MR) is 48.3 cm³/mol. The van der Waals surface area contributed by atoms with E-state index in [0.717, 1.165) is 11.3 Å². The summed E-state index contributed by atoms with van der Waals surface area (Å²) >= 11 is 0. The fraction of sp³-hybridized carbons (Fsp3) is 0.100. The minimum atomic E-state index is -0.214. The van der Waals surface area contributed by atoms with Gasteiger partial charge in [-0.3, -0.25) is 0 Å². The molecular weight excluding hydrogens is 167 g/mol. The summed E-state index contributed by atoms with van der Waals surface area (Å²) in [7, 11) is 0. The second-order valence-corrected chi connectivity index (χ2v) is 2.88. The molecule has 0 aliphatic heterocycles. The summed E-state index contributed by atoms with van der Waals surface area (Å²) in [5, 5.41) is 4.07. The van der Waals surface area contributed by atoms with Crippen molar-refractivity contribution >= 4 is 0 Å². The van der Waals surface area contributed by atoms with Crippen LogP contribution in [0.15, 0.2) is 36.7 Å². The Kier molecular flexibility index (Phi) is 1.85. The van der Waals surface area contributed by atoms with Crippen molar-refractivity contribution in [3.8, 4) is 5.69 Å². The molecule has 0 bridgehead atoms. The number of hydrogen-bond donors (Lipinski definition) is 0. The van der Waals surface area contributed by atoms with E-state index in [1.807, 2.05) is 19.2 Å². The molecule has 1 heterocycles. The topological polar surface area (TPSA) is 17.8 Å². The van der Waals surface area contributed by atoms with Crippen LogP contribution in [-0.2, 0) is 0 Å². The first-order chi connectivity index (χ1) is 6.27. The van der Waals surface area contributed by atoms with Crippen LogP contribution in [0.1, 0.15) is 5.56 Å². The molecule has 13 heavy (non-hydrogen) atoms. The van der Waals surface area contributed by atoms with E-state index in [1.165, 1.54) is 12.1 Å². The van der Waals surface area contributed by atoms with Gasteiger partial charge in [-0.2, -0.15) is 5.10 Å². The van der Waals surface area contributed by atoms with E-state index in [2.05, 4.69) is 5.10 Å². The largest absolute Gasteiger partial charge is 0.241 e. The molecule has 1 aromatic carbocycles. The number of halogens is 1. The van der Waals surface area contributed by atoms with Crippen molar-refractivity contribution in [2.45, 2.75) is 6.92 Å². The van der Waals surface area contributed by atoms with Crippen molar-refractivity contribution in [1.82, 2.24) is 9.78 Å². The van der Waals surface area contributed by atoms with Gasteiger partial charge in [-0.05, 0) is 36.8 Å². The van der Waals surface area contributed by atoms with Gasteiger partial charge in [-0.25, -0.2) is 9.07 Å². The van der Waals surface area contributed by atoms with E-state index in [9.17, 15) is 4.39 Å². The molecule has 2 nitrogen and oxygen atoms in total. The van der Waals surface area contributed by atoms with Gasteiger partial charge in [0.05, 0.1) is 5.69 Å². The fourth-order valence-corrected chi connectivity index (χ4v) is 1.29. The van der Waals surface area contributed by atoms with Gasteiger partial charge in [0, 0.05) is 12.4 Å². The zero-order chi connectivity index (χ0) is 9.26. The molecule has 0 N–H and O–H groups in total. The summed E-state index contributed by atoms with van der Waals surface area (Å²) in [4.78, 5) is 0. The van der Waals surface area contributed by atoms with Crippen LogP contribution in [-0.4, -0.2) is 9.78 Å².